The van der Waals surface area contributed by atoms with Crippen molar-refractivity contribution in [1.82, 2.24) is 0 Å². The zero-order chi connectivity index (χ0) is 9.97. The minimum absolute atomic E-state index is 0.0799. The van der Waals surface area contributed by atoms with E-state index in [9.17, 15) is 4.79 Å². The molecule has 0 aromatic heterocycles. The molecule has 0 saturated heterocycles. The molecule has 1 aliphatic carbocycles. The third kappa shape index (κ3) is 1.95. The highest BCUT2D eigenvalue weighted by atomic mass is 16.4. The highest BCUT2D eigenvalue weighted by Gasteiger charge is 2.33. The predicted molar refractivity (Wildman–Crippen MR) is 54.0 cm³/mol. The van der Waals surface area contributed by atoms with Crippen LogP contribution in [0.1, 0.15) is 18.4 Å². The van der Waals surface area contributed by atoms with Crippen LogP contribution >= 0.6 is 0 Å². The fourth-order valence-corrected chi connectivity index (χ4v) is 2.05. The van der Waals surface area contributed by atoms with Crippen molar-refractivity contribution in [2.24, 2.45) is 11.8 Å². The zero-order valence-corrected chi connectivity index (χ0v) is 8.02. The second-order valence-electron chi connectivity index (χ2n) is 4.06. The molecule has 1 aliphatic rings. The number of aliphatic carboxylic acids is 1. The van der Waals surface area contributed by atoms with Gasteiger partial charge in [0.25, 0.3) is 0 Å². The second-order valence-corrected chi connectivity index (χ2v) is 4.06. The molecule has 2 rings (SSSR count). The minimum atomic E-state index is -0.630. The molecule has 0 radical (unpaired) electrons. The first-order chi connectivity index (χ1) is 6.75. The summed E-state index contributed by atoms with van der Waals surface area (Å²) in [6.45, 7) is 0. The van der Waals surface area contributed by atoms with E-state index in [2.05, 4.69) is 12.1 Å². The minimum Gasteiger partial charge on any atom is -0.481 e. The van der Waals surface area contributed by atoms with Crippen LogP contribution in [0.15, 0.2) is 30.3 Å². The third-order valence-corrected chi connectivity index (χ3v) is 2.95. The lowest BCUT2D eigenvalue weighted by Gasteiger charge is -2.32. The number of carboxylic acids is 1. The zero-order valence-electron chi connectivity index (χ0n) is 8.02. The molecule has 0 heterocycles. The van der Waals surface area contributed by atoms with Gasteiger partial charge in [0.05, 0.1) is 5.92 Å². The quantitative estimate of drug-likeness (QED) is 0.794. The molecule has 1 aromatic carbocycles. The van der Waals surface area contributed by atoms with Gasteiger partial charge in [-0.3, -0.25) is 4.79 Å². The number of benzene rings is 1. The van der Waals surface area contributed by atoms with E-state index in [-0.39, 0.29) is 5.92 Å². The van der Waals surface area contributed by atoms with Crippen molar-refractivity contribution >= 4 is 5.97 Å². The number of carboxylic acid groups (broad SMARTS) is 1. The molecule has 0 bridgehead atoms. The maximum absolute atomic E-state index is 10.6. The largest absolute Gasteiger partial charge is 0.481 e. The van der Waals surface area contributed by atoms with Crippen molar-refractivity contribution in [3.05, 3.63) is 35.9 Å². The van der Waals surface area contributed by atoms with Gasteiger partial charge in [0.2, 0.25) is 0 Å². The van der Waals surface area contributed by atoms with Crippen LogP contribution in [0.5, 0.6) is 0 Å². The molecule has 1 fully saturated rings. The molecule has 14 heavy (non-hydrogen) atoms. The van der Waals surface area contributed by atoms with Crippen molar-refractivity contribution in [1.29, 1.82) is 0 Å². The van der Waals surface area contributed by atoms with Crippen LogP contribution in [0.25, 0.3) is 0 Å². The standard InChI is InChI=1S/C12H14O2/c13-12(14)11-7-10(8-11)6-9-4-2-1-3-5-9/h1-5,10-11H,6-8H2,(H,13,14). The Kier molecular flexibility index (Phi) is 2.53. The van der Waals surface area contributed by atoms with E-state index in [1.807, 2.05) is 18.2 Å². The van der Waals surface area contributed by atoms with Crippen LogP contribution in [0.4, 0.5) is 0 Å². The summed E-state index contributed by atoms with van der Waals surface area (Å²) in [6, 6.07) is 10.3. The Morgan fingerprint density at radius 2 is 1.93 bits per heavy atom. The Labute approximate surface area is 83.6 Å². The van der Waals surface area contributed by atoms with E-state index < -0.39 is 5.97 Å². The van der Waals surface area contributed by atoms with E-state index >= 15 is 0 Å². The average molecular weight is 190 g/mol. The number of hydrogen-bond acceptors (Lipinski definition) is 1. The van der Waals surface area contributed by atoms with Crippen molar-refractivity contribution in [2.75, 3.05) is 0 Å². The normalized spacial score (nSPS) is 25.4. The number of rotatable bonds is 3. The summed E-state index contributed by atoms with van der Waals surface area (Å²) in [6.07, 6.45) is 2.74. The average Bonchev–Trinajstić information content (AvgIpc) is 2.12. The molecule has 74 valence electrons. The summed E-state index contributed by atoms with van der Waals surface area (Å²) >= 11 is 0. The van der Waals surface area contributed by atoms with E-state index in [0.717, 1.165) is 19.3 Å². The fourth-order valence-electron chi connectivity index (χ4n) is 2.05. The Hall–Kier alpha value is -1.31. The molecule has 1 aromatic rings. The van der Waals surface area contributed by atoms with Gasteiger partial charge in [0.15, 0.2) is 0 Å². The molecular weight excluding hydrogens is 176 g/mol. The van der Waals surface area contributed by atoms with Gasteiger partial charge < -0.3 is 5.11 Å². The molecule has 2 heteroatoms. The van der Waals surface area contributed by atoms with Crippen molar-refractivity contribution in [3.63, 3.8) is 0 Å². The molecule has 2 nitrogen and oxygen atoms in total. The van der Waals surface area contributed by atoms with Gasteiger partial charge in [0, 0.05) is 0 Å². The highest BCUT2D eigenvalue weighted by Crippen LogP contribution is 2.36. The molecule has 0 aliphatic heterocycles. The van der Waals surface area contributed by atoms with Crippen molar-refractivity contribution in [3.8, 4) is 0 Å². The molecule has 1 saturated carbocycles. The highest BCUT2D eigenvalue weighted by molar-refractivity contribution is 5.71. The maximum atomic E-state index is 10.6. The Bertz CT molecular complexity index is 312. The van der Waals surface area contributed by atoms with Gasteiger partial charge in [-0.25, -0.2) is 0 Å². The topological polar surface area (TPSA) is 37.3 Å². The lowest BCUT2D eigenvalue weighted by atomic mass is 9.72. The Morgan fingerprint density at radius 1 is 1.29 bits per heavy atom. The monoisotopic (exact) mass is 190 g/mol. The van der Waals surface area contributed by atoms with Crippen molar-refractivity contribution < 1.29 is 9.90 Å². The smallest absolute Gasteiger partial charge is 0.306 e. The van der Waals surface area contributed by atoms with Crippen molar-refractivity contribution in [2.45, 2.75) is 19.3 Å². The van der Waals surface area contributed by atoms with Crippen LogP contribution in [-0.2, 0) is 11.2 Å². The van der Waals surface area contributed by atoms with Gasteiger partial charge in [-0.1, -0.05) is 30.3 Å². The molecule has 0 spiro atoms. The third-order valence-electron chi connectivity index (χ3n) is 2.95. The molecule has 0 amide bonds. The van der Waals surface area contributed by atoms with Crippen LogP contribution in [-0.4, -0.2) is 11.1 Å². The summed E-state index contributed by atoms with van der Waals surface area (Å²) in [5.41, 5.74) is 1.32. The summed E-state index contributed by atoms with van der Waals surface area (Å²) in [5.74, 6) is -0.128. The van der Waals surface area contributed by atoms with Crippen LogP contribution in [0, 0.1) is 11.8 Å². The number of carbonyl (C=O) groups is 1. The van der Waals surface area contributed by atoms with E-state index in [1.54, 1.807) is 0 Å². The fraction of sp³-hybridized carbons (Fsp3) is 0.417. The molecule has 0 unspecified atom stereocenters. The summed E-state index contributed by atoms with van der Waals surface area (Å²) in [4.78, 5) is 10.6. The lowest BCUT2D eigenvalue weighted by molar-refractivity contribution is -0.146. The van der Waals surface area contributed by atoms with Gasteiger partial charge in [-0.15, -0.1) is 0 Å². The summed E-state index contributed by atoms with van der Waals surface area (Å²) in [5, 5.41) is 8.72. The van der Waals surface area contributed by atoms with Crippen LogP contribution in [0.3, 0.4) is 0 Å². The first kappa shape index (κ1) is 9.25. The van der Waals surface area contributed by atoms with E-state index in [4.69, 9.17) is 5.11 Å². The first-order valence-electron chi connectivity index (χ1n) is 5.02. The Balaban J connectivity index is 1.82. The Morgan fingerprint density at radius 3 is 2.50 bits per heavy atom. The van der Waals surface area contributed by atoms with E-state index in [1.165, 1.54) is 5.56 Å². The SMILES string of the molecule is O=C(O)C1CC(Cc2ccccc2)C1. The van der Waals surface area contributed by atoms with Gasteiger partial charge in [0.1, 0.15) is 0 Å². The molecule has 1 N–H and O–H groups in total. The van der Waals surface area contributed by atoms with Crippen LogP contribution in [0.2, 0.25) is 0 Å². The molecule has 0 atom stereocenters. The lowest BCUT2D eigenvalue weighted by Crippen LogP contribution is -2.31. The number of hydrogen-bond donors (Lipinski definition) is 1. The van der Waals surface area contributed by atoms with Crippen LogP contribution < -0.4 is 0 Å². The summed E-state index contributed by atoms with van der Waals surface area (Å²) in [7, 11) is 0. The second kappa shape index (κ2) is 3.82. The van der Waals surface area contributed by atoms with Gasteiger partial charge in [-0.2, -0.15) is 0 Å². The van der Waals surface area contributed by atoms with Gasteiger partial charge >= 0.3 is 5.97 Å². The van der Waals surface area contributed by atoms with Gasteiger partial charge in [-0.05, 0) is 30.7 Å². The van der Waals surface area contributed by atoms with E-state index in [0.29, 0.717) is 5.92 Å². The predicted octanol–water partition coefficient (Wildman–Crippen LogP) is 2.34. The maximum Gasteiger partial charge on any atom is 0.306 e. The summed E-state index contributed by atoms with van der Waals surface area (Å²) < 4.78 is 0. The molecular formula is C12H14O2. The first-order valence-corrected chi connectivity index (χ1v) is 5.02.